The van der Waals surface area contributed by atoms with E-state index in [0.29, 0.717) is 33.7 Å². The predicted molar refractivity (Wildman–Crippen MR) is 122 cm³/mol. The van der Waals surface area contributed by atoms with E-state index >= 15 is 0 Å². The summed E-state index contributed by atoms with van der Waals surface area (Å²) in [5.74, 6) is 0.0202. The summed E-state index contributed by atoms with van der Waals surface area (Å²) in [6.45, 7) is 5.71. The van der Waals surface area contributed by atoms with Crippen LogP contribution in [0.1, 0.15) is 36.6 Å². The quantitative estimate of drug-likeness (QED) is 0.438. The van der Waals surface area contributed by atoms with Crippen molar-refractivity contribution in [2.75, 3.05) is 6.61 Å². The molecule has 0 saturated heterocycles. The zero-order valence-electron chi connectivity index (χ0n) is 18.6. The summed E-state index contributed by atoms with van der Waals surface area (Å²) in [6, 6.07) is 13.0. The van der Waals surface area contributed by atoms with Gasteiger partial charge in [-0.05, 0) is 50.6 Å². The Morgan fingerprint density at radius 3 is 2.70 bits per heavy atom. The average Bonchev–Trinajstić information content (AvgIpc) is 2.77. The van der Waals surface area contributed by atoms with Crippen LogP contribution in [0.5, 0.6) is 5.75 Å². The number of hydrogen-bond acceptors (Lipinski definition) is 6. The molecule has 4 rings (SSSR count). The van der Waals surface area contributed by atoms with E-state index in [-0.39, 0.29) is 13.2 Å². The molecule has 1 aliphatic heterocycles. The van der Waals surface area contributed by atoms with Gasteiger partial charge in [-0.1, -0.05) is 23.8 Å². The molecule has 2 N–H and O–H groups in total. The molecule has 3 aromatic rings. The summed E-state index contributed by atoms with van der Waals surface area (Å²) in [6.07, 6.45) is 0. The first-order chi connectivity index (χ1) is 15.9. The fourth-order valence-electron chi connectivity index (χ4n) is 3.83. The summed E-state index contributed by atoms with van der Waals surface area (Å²) in [5.41, 5.74) is 3.22. The minimum absolute atomic E-state index is 0.146. The first-order valence-electron chi connectivity index (χ1n) is 10.6. The molecular weight excluding hydrogens is 424 g/mol. The lowest BCUT2D eigenvalue weighted by molar-refractivity contribution is -0.139. The van der Waals surface area contributed by atoms with Gasteiger partial charge in [-0.25, -0.2) is 14.4 Å². The Kier molecular flexibility index (Phi) is 6.17. The smallest absolute Gasteiger partial charge is 0.338 e. The Morgan fingerprint density at radius 1 is 1.09 bits per heavy atom. The van der Waals surface area contributed by atoms with Crippen molar-refractivity contribution < 1.29 is 23.5 Å². The van der Waals surface area contributed by atoms with Crippen molar-refractivity contribution in [1.82, 2.24) is 10.6 Å². The molecule has 0 bridgehead atoms. The molecule has 0 fully saturated rings. The zero-order valence-corrected chi connectivity index (χ0v) is 18.6. The number of hydrogen-bond donors (Lipinski definition) is 2. The van der Waals surface area contributed by atoms with Crippen molar-refractivity contribution in [2.24, 2.45) is 0 Å². The highest BCUT2D eigenvalue weighted by Crippen LogP contribution is 2.30. The number of aryl methyl sites for hydroxylation is 1. The highest BCUT2D eigenvalue weighted by atomic mass is 16.5. The summed E-state index contributed by atoms with van der Waals surface area (Å²) in [4.78, 5) is 36.6. The van der Waals surface area contributed by atoms with Crippen LogP contribution in [0, 0.1) is 6.92 Å². The minimum atomic E-state index is -0.686. The van der Waals surface area contributed by atoms with E-state index in [2.05, 4.69) is 10.6 Å². The third kappa shape index (κ3) is 4.74. The summed E-state index contributed by atoms with van der Waals surface area (Å²) in [7, 11) is 0. The molecular formula is C25H24N2O6. The van der Waals surface area contributed by atoms with E-state index in [0.717, 1.165) is 10.9 Å². The van der Waals surface area contributed by atoms with Gasteiger partial charge in [0.15, 0.2) is 0 Å². The van der Waals surface area contributed by atoms with Crippen LogP contribution in [0.2, 0.25) is 0 Å². The number of carbonyl (C=O) groups is 2. The average molecular weight is 448 g/mol. The molecule has 0 radical (unpaired) electrons. The molecule has 170 valence electrons. The van der Waals surface area contributed by atoms with E-state index in [1.165, 1.54) is 6.07 Å². The second-order valence-electron chi connectivity index (χ2n) is 7.74. The van der Waals surface area contributed by atoms with Gasteiger partial charge in [0, 0.05) is 22.7 Å². The molecule has 33 heavy (non-hydrogen) atoms. The maximum absolute atomic E-state index is 12.5. The van der Waals surface area contributed by atoms with Crippen molar-refractivity contribution in [3.8, 4) is 5.75 Å². The number of carbonyl (C=O) groups excluding carboxylic acids is 2. The van der Waals surface area contributed by atoms with Gasteiger partial charge in [-0.2, -0.15) is 0 Å². The van der Waals surface area contributed by atoms with Crippen LogP contribution in [0.25, 0.3) is 11.0 Å². The third-order valence-electron chi connectivity index (χ3n) is 5.33. The number of amides is 2. The first-order valence-corrected chi connectivity index (χ1v) is 10.6. The molecule has 8 nitrogen and oxygen atoms in total. The van der Waals surface area contributed by atoms with E-state index < -0.39 is 23.7 Å². The minimum Gasteiger partial charge on any atom is -0.489 e. The highest BCUT2D eigenvalue weighted by Gasteiger charge is 2.32. The van der Waals surface area contributed by atoms with Crippen LogP contribution in [0.15, 0.2) is 69.0 Å². The molecule has 0 aliphatic carbocycles. The van der Waals surface area contributed by atoms with Gasteiger partial charge in [0.05, 0.1) is 18.2 Å². The fourth-order valence-corrected chi connectivity index (χ4v) is 3.83. The van der Waals surface area contributed by atoms with Crippen molar-refractivity contribution in [3.63, 3.8) is 0 Å². The Morgan fingerprint density at radius 2 is 1.91 bits per heavy atom. The standard InChI is InChI=1S/C25H24N2O6/c1-4-31-24(29)22-15(3)26-25(30)27-23(22)16-6-5-7-18(11-16)32-13-17-12-21(28)33-20-9-8-14(2)10-19(17)20/h5-12,23H,4,13H2,1-3H3,(H2,26,27,30). The van der Waals surface area contributed by atoms with Gasteiger partial charge in [-0.15, -0.1) is 0 Å². The number of allylic oxidation sites excluding steroid dienone is 1. The number of ether oxygens (including phenoxy) is 2. The van der Waals surface area contributed by atoms with E-state index in [1.54, 1.807) is 44.2 Å². The van der Waals surface area contributed by atoms with Crippen molar-refractivity contribution in [1.29, 1.82) is 0 Å². The molecule has 8 heteroatoms. The lowest BCUT2D eigenvalue weighted by Gasteiger charge is -2.28. The number of esters is 1. The Labute approximate surface area is 190 Å². The number of rotatable bonds is 6. The fraction of sp³-hybridized carbons (Fsp3) is 0.240. The maximum atomic E-state index is 12.5. The van der Waals surface area contributed by atoms with Gasteiger partial charge in [0.25, 0.3) is 0 Å². The van der Waals surface area contributed by atoms with Crippen LogP contribution in [0.4, 0.5) is 4.79 Å². The van der Waals surface area contributed by atoms with E-state index in [1.807, 2.05) is 19.1 Å². The van der Waals surface area contributed by atoms with Crippen LogP contribution in [0.3, 0.4) is 0 Å². The SMILES string of the molecule is CCOC(=O)C1=C(C)NC(=O)NC1c1cccc(OCc2cc(=O)oc3ccc(C)cc23)c1. The molecule has 2 aromatic carbocycles. The van der Waals surface area contributed by atoms with Crippen molar-refractivity contribution >= 4 is 23.0 Å². The summed E-state index contributed by atoms with van der Waals surface area (Å²) in [5, 5.41) is 6.19. The van der Waals surface area contributed by atoms with Gasteiger partial charge >= 0.3 is 17.6 Å². The molecule has 2 amide bonds. The Hall–Kier alpha value is -4.07. The molecule has 1 atom stereocenters. The van der Waals surface area contributed by atoms with E-state index in [4.69, 9.17) is 13.9 Å². The molecule has 0 spiro atoms. The first kappa shape index (κ1) is 22.1. The van der Waals surface area contributed by atoms with Crippen LogP contribution in [-0.2, 0) is 16.1 Å². The number of urea groups is 1. The van der Waals surface area contributed by atoms with Gasteiger partial charge in [-0.3, -0.25) is 0 Å². The molecule has 0 saturated carbocycles. The topological polar surface area (TPSA) is 107 Å². The lowest BCUT2D eigenvalue weighted by Crippen LogP contribution is -2.45. The Bertz CT molecular complexity index is 1320. The second-order valence-corrected chi connectivity index (χ2v) is 7.74. The largest absolute Gasteiger partial charge is 0.489 e. The van der Waals surface area contributed by atoms with E-state index in [9.17, 15) is 14.4 Å². The van der Waals surface area contributed by atoms with Gasteiger partial charge in [0.1, 0.15) is 17.9 Å². The normalized spacial score (nSPS) is 15.7. The van der Waals surface area contributed by atoms with Gasteiger partial charge < -0.3 is 24.5 Å². The molecule has 2 heterocycles. The third-order valence-corrected chi connectivity index (χ3v) is 5.33. The van der Waals surface area contributed by atoms with Crippen LogP contribution in [-0.4, -0.2) is 18.6 Å². The zero-order chi connectivity index (χ0) is 23.5. The van der Waals surface area contributed by atoms with Gasteiger partial charge in [0.2, 0.25) is 0 Å². The molecule has 1 aliphatic rings. The number of benzene rings is 2. The second kappa shape index (κ2) is 9.20. The lowest BCUT2D eigenvalue weighted by atomic mass is 9.95. The highest BCUT2D eigenvalue weighted by molar-refractivity contribution is 5.95. The Balaban J connectivity index is 1.62. The summed E-state index contributed by atoms with van der Waals surface area (Å²) >= 11 is 0. The summed E-state index contributed by atoms with van der Waals surface area (Å²) < 4.78 is 16.4. The molecule has 1 aromatic heterocycles. The number of fused-ring (bicyclic) bond motifs is 1. The number of nitrogens with one attached hydrogen (secondary N) is 2. The van der Waals surface area contributed by atoms with Crippen molar-refractivity contribution in [2.45, 2.75) is 33.4 Å². The predicted octanol–water partition coefficient (Wildman–Crippen LogP) is 3.87. The monoisotopic (exact) mass is 448 g/mol. The van der Waals surface area contributed by atoms with Crippen LogP contribution >= 0.6 is 0 Å². The van der Waals surface area contributed by atoms with Crippen molar-refractivity contribution in [3.05, 3.63) is 86.9 Å². The van der Waals surface area contributed by atoms with Crippen LogP contribution < -0.4 is 21.0 Å². The molecule has 1 unspecified atom stereocenters. The maximum Gasteiger partial charge on any atom is 0.338 e.